The molecule has 3 rings (SSSR count). The number of sulfonamides is 1. The third-order valence-corrected chi connectivity index (χ3v) is 7.59. The van der Waals surface area contributed by atoms with Crippen molar-refractivity contribution in [3.8, 4) is 16.5 Å². The van der Waals surface area contributed by atoms with Crippen LogP contribution in [-0.4, -0.2) is 41.8 Å². The number of benzene rings is 2. The van der Waals surface area contributed by atoms with Crippen LogP contribution in [-0.2, 0) is 14.8 Å². The second-order valence-electron chi connectivity index (χ2n) is 7.13. The van der Waals surface area contributed by atoms with E-state index in [2.05, 4.69) is 59.9 Å². The highest BCUT2D eigenvalue weighted by molar-refractivity contribution is 7.93. The first-order valence-corrected chi connectivity index (χ1v) is 12.7. The van der Waals surface area contributed by atoms with Crippen LogP contribution in [0.3, 0.4) is 0 Å². The van der Waals surface area contributed by atoms with Crippen molar-refractivity contribution in [3.05, 3.63) is 58.3 Å². The molecule has 168 valence electrons. The number of nitriles is 1. The van der Waals surface area contributed by atoms with E-state index in [-0.39, 0.29) is 18.1 Å². The lowest BCUT2D eigenvalue weighted by molar-refractivity contribution is 0.204. The highest BCUT2D eigenvalue weighted by atomic mass is 32.2. The van der Waals surface area contributed by atoms with E-state index >= 15 is 0 Å². The maximum Gasteiger partial charge on any atom is 0.250 e. The van der Waals surface area contributed by atoms with Crippen molar-refractivity contribution in [1.29, 1.82) is 5.26 Å². The number of nitrogens with zero attached hydrogens (tertiary/aromatic N) is 2. The van der Waals surface area contributed by atoms with E-state index in [0.717, 1.165) is 28.9 Å². The third-order valence-electron chi connectivity index (χ3n) is 5.14. The van der Waals surface area contributed by atoms with Crippen LogP contribution < -0.4 is 9.62 Å². The smallest absolute Gasteiger partial charge is 0.250 e. The number of methoxy groups -OCH3 is 1. The molecule has 0 aliphatic rings. The van der Waals surface area contributed by atoms with E-state index < -0.39 is 10.0 Å². The number of ether oxygens (including phenoxy) is 1. The van der Waals surface area contributed by atoms with Gasteiger partial charge in [0.05, 0.1) is 6.61 Å². The summed E-state index contributed by atoms with van der Waals surface area (Å²) >= 11 is 1.45. The van der Waals surface area contributed by atoms with Crippen molar-refractivity contribution in [2.75, 3.05) is 38.3 Å². The lowest BCUT2D eigenvalue weighted by Crippen LogP contribution is -2.27. The highest BCUT2D eigenvalue weighted by Crippen LogP contribution is 2.33. The molecule has 3 aromatic rings. The Morgan fingerprint density at radius 3 is 2.53 bits per heavy atom. The molecule has 0 amide bonds. The first kappa shape index (κ1) is 24.0. The van der Waals surface area contributed by atoms with Gasteiger partial charge >= 0.3 is 0 Å². The number of rotatable bonds is 10. The van der Waals surface area contributed by atoms with Crippen molar-refractivity contribution < 1.29 is 13.2 Å². The third kappa shape index (κ3) is 5.56. The van der Waals surface area contributed by atoms with Crippen molar-refractivity contribution >= 4 is 43.9 Å². The van der Waals surface area contributed by atoms with Crippen LogP contribution in [0, 0.1) is 11.3 Å². The Morgan fingerprint density at radius 1 is 1.12 bits per heavy atom. The quantitative estimate of drug-likeness (QED) is 0.339. The molecule has 0 spiro atoms. The first-order chi connectivity index (χ1) is 15.4. The SMILES string of the molecule is CCN(CC)c1ccc2cc(-c3ccc(/C=C(\C#N)S(=O)(=O)NCCOC)s3)ccc2c1. The van der Waals surface area contributed by atoms with E-state index in [0.29, 0.717) is 4.88 Å². The first-order valence-electron chi connectivity index (χ1n) is 10.4. The van der Waals surface area contributed by atoms with Crippen molar-refractivity contribution in [2.45, 2.75) is 13.8 Å². The fourth-order valence-electron chi connectivity index (χ4n) is 3.41. The van der Waals surface area contributed by atoms with Crippen LogP contribution in [0.2, 0.25) is 0 Å². The van der Waals surface area contributed by atoms with E-state index in [1.807, 2.05) is 12.1 Å². The Hall–Kier alpha value is -2.70. The second-order valence-corrected chi connectivity index (χ2v) is 9.98. The average Bonchev–Trinajstić information content (AvgIpc) is 3.26. The van der Waals surface area contributed by atoms with Gasteiger partial charge in [0.15, 0.2) is 4.91 Å². The summed E-state index contributed by atoms with van der Waals surface area (Å²) in [5, 5.41) is 11.7. The summed E-state index contributed by atoms with van der Waals surface area (Å²) in [6, 6.07) is 18.4. The van der Waals surface area contributed by atoms with Gasteiger partial charge in [0.2, 0.25) is 0 Å². The Bertz CT molecular complexity index is 1250. The maximum atomic E-state index is 12.3. The van der Waals surface area contributed by atoms with Gasteiger partial charge in [-0.15, -0.1) is 11.3 Å². The summed E-state index contributed by atoms with van der Waals surface area (Å²) in [6.45, 7) is 6.58. The van der Waals surface area contributed by atoms with Gasteiger partial charge < -0.3 is 9.64 Å². The molecule has 0 radical (unpaired) electrons. The Morgan fingerprint density at radius 2 is 1.84 bits per heavy atom. The predicted octanol–water partition coefficient (Wildman–Crippen LogP) is 4.84. The van der Waals surface area contributed by atoms with E-state index in [1.165, 1.54) is 35.6 Å². The molecule has 32 heavy (non-hydrogen) atoms. The van der Waals surface area contributed by atoms with Crippen molar-refractivity contribution in [3.63, 3.8) is 0 Å². The molecule has 0 aliphatic carbocycles. The zero-order valence-corrected chi connectivity index (χ0v) is 20.1. The molecule has 0 fully saturated rings. The van der Waals surface area contributed by atoms with Crippen LogP contribution in [0.1, 0.15) is 18.7 Å². The Labute approximate surface area is 193 Å². The number of allylic oxidation sites excluding steroid dienone is 1. The normalized spacial score (nSPS) is 12.1. The average molecular weight is 470 g/mol. The van der Waals surface area contributed by atoms with Gasteiger partial charge in [-0.2, -0.15) is 5.26 Å². The standard InChI is InChI=1S/C24H27N3O3S2/c1-4-27(5-2)21-9-8-18-14-20(7-6-19(18)15-21)24-11-10-22(31-24)16-23(17-25)32(28,29)26-12-13-30-3/h6-11,14-16,26H,4-5,12-13H2,1-3H3/b23-16+. The van der Waals surface area contributed by atoms with Gasteiger partial charge in [0.25, 0.3) is 10.0 Å². The topological polar surface area (TPSA) is 82.4 Å². The minimum atomic E-state index is -3.87. The molecular formula is C24H27N3O3S2. The Balaban J connectivity index is 1.86. The zero-order chi connectivity index (χ0) is 23.1. The monoisotopic (exact) mass is 469 g/mol. The second kappa shape index (κ2) is 10.7. The van der Waals surface area contributed by atoms with Gasteiger partial charge in [-0.3, -0.25) is 0 Å². The molecule has 8 heteroatoms. The molecular weight excluding hydrogens is 442 g/mol. The molecule has 6 nitrogen and oxygen atoms in total. The predicted molar refractivity (Wildman–Crippen MR) is 133 cm³/mol. The number of anilines is 1. The molecule has 1 N–H and O–H groups in total. The van der Waals surface area contributed by atoms with Crippen LogP contribution in [0.25, 0.3) is 27.3 Å². The van der Waals surface area contributed by atoms with Crippen LogP contribution in [0.4, 0.5) is 5.69 Å². The van der Waals surface area contributed by atoms with E-state index in [1.54, 1.807) is 6.07 Å². The van der Waals surface area contributed by atoms with Crippen LogP contribution >= 0.6 is 11.3 Å². The molecule has 0 aliphatic heterocycles. The molecule has 0 saturated carbocycles. The van der Waals surface area contributed by atoms with Crippen molar-refractivity contribution in [2.24, 2.45) is 0 Å². The summed E-state index contributed by atoms with van der Waals surface area (Å²) < 4.78 is 31.9. The molecule has 0 atom stereocenters. The van der Waals surface area contributed by atoms with E-state index in [4.69, 9.17) is 4.74 Å². The zero-order valence-electron chi connectivity index (χ0n) is 18.5. The maximum absolute atomic E-state index is 12.3. The number of hydrogen-bond donors (Lipinski definition) is 1. The minimum absolute atomic E-state index is 0.112. The number of thiophene rings is 1. The summed E-state index contributed by atoms with van der Waals surface area (Å²) in [5.41, 5.74) is 2.26. The Kier molecular flexibility index (Phi) is 8.04. The van der Waals surface area contributed by atoms with Crippen LogP contribution in [0.15, 0.2) is 53.4 Å². The molecule has 1 aromatic heterocycles. The lowest BCUT2D eigenvalue weighted by atomic mass is 10.0. The van der Waals surface area contributed by atoms with Gasteiger partial charge in [0.1, 0.15) is 6.07 Å². The largest absolute Gasteiger partial charge is 0.383 e. The number of nitrogens with one attached hydrogen (secondary N) is 1. The van der Waals surface area contributed by atoms with Gasteiger partial charge in [-0.1, -0.05) is 18.2 Å². The summed E-state index contributed by atoms with van der Waals surface area (Å²) in [5.74, 6) is 0. The molecule has 0 bridgehead atoms. The molecule has 1 heterocycles. The van der Waals surface area contributed by atoms with Crippen LogP contribution in [0.5, 0.6) is 0 Å². The van der Waals surface area contributed by atoms with Gasteiger partial charge in [-0.25, -0.2) is 13.1 Å². The van der Waals surface area contributed by atoms with Gasteiger partial charge in [0, 0.05) is 42.2 Å². The highest BCUT2D eigenvalue weighted by Gasteiger charge is 2.17. The fourth-order valence-corrected chi connectivity index (χ4v) is 5.34. The summed E-state index contributed by atoms with van der Waals surface area (Å²) in [7, 11) is -2.38. The minimum Gasteiger partial charge on any atom is -0.383 e. The summed E-state index contributed by atoms with van der Waals surface area (Å²) in [6.07, 6.45) is 1.40. The molecule has 0 saturated heterocycles. The van der Waals surface area contributed by atoms with E-state index in [9.17, 15) is 13.7 Å². The summed E-state index contributed by atoms with van der Waals surface area (Å²) in [4.78, 5) is 3.71. The molecule has 2 aromatic carbocycles. The fraction of sp³-hybridized carbons (Fsp3) is 0.292. The van der Waals surface area contributed by atoms with Crippen molar-refractivity contribution in [1.82, 2.24) is 4.72 Å². The number of fused-ring (bicyclic) bond motifs is 1. The lowest BCUT2D eigenvalue weighted by Gasteiger charge is -2.21. The molecule has 0 unspecified atom stereocenters. The number of hydrogen-bond acceptors (Lipinski definition) is 6. The van der Waals surface area contributed by atoms with Gasteiger partial charge in [-0.05, 0) is 66.6 Å².